The van der Waals surface area contributed by atoms with E-state index in [4.69, 9.17) is 4.74 Å². The van der Waals surface area contributed by atoms with Crippen LogP contribution in [0.15, 0.2) is 42.6 Å². The first-order chi connectivity index (χ1) is 19.2. The molecule has 2 bridgehead atoms. The lowest BCUT2D eigenvalue weighted by Gasteiger charge is -2.40. The summed E-state index contributed by atoms with van der Waals surface area (Å²) >= 11 is 0. The van der Waals surface area contributed by atoms with Crippen molar-refractivity contribution in [1.82, 2.24) is 4.98 Å². The number of ether oxygens (including phenoxy) is 2. The van der Waals surface area contributed by atoms with Gasteiger partial charge in [0, 0.05) is 35.1 Å². The molecule has 0 radical (unpaired) electrons. The smallest absolute Gasteiger partial charge is 0.417 e. The number of alkyl halides is 3. The third kappa shape index (κ3) is 4.87. The van der Waals surface area contributed by atoms with Gasteiger partial charge in [0.15, 0.2) is 0 Å². The second kappa shape index (κ2) is 10.2. The maximum Gasteiger partial charge on any atom is 0.417 e. The number of methoxy groups -OCH3 is 1. The zero-order valence-electron chi connectivity index (χ0n) is 21.9. The predicted octanol–water partition coefficient (Wildman–Crippen LogP) is 7.36. The number of carbonyl (C=O) groups excluding carboxylic acids is 1. The van der Waals surface area contributed by atoms with Crippen molar-refractivity contribution in [2.24, 2.45) is 0 Å². The monoisotopic (exact) mass is 560 g/mol. The van der Waals surface area contributed by atoms with Crippen LogP contribution in [0.1, 0.15) is 71.6 Å². The molecular formula is C30H29F5N2O3. The minimum absolute atomic E-state index is 0.119. The van der Waals surface area contributed by atoms with Crippen LogP contribution in [0.2, 0.25) is 0 Å². The molecule has 212 valence electrons. The standard InChI is InChI=1S/C30H29F5N2O3/c1-39-29(38)17-10-25(31)28(26(32)11-17)37-18-8-9-19(37)13-20(12-18)40-15-23-22(14-36-27(23)16-6-7-16)21-4-2-3-5-24(21)30(33,34)35/h2-5,10-11,14,16,18-20,36H,6-9,12-13,15H2,1H3. The first-order valence-electron chi connectivity index (χ1n) is 13.5. The lowest BCUT2D eigenvalue weighted by Crippen LogP contribution is -2.46. The topological polar surface area (TPSA) is 54.6 Å². The summed E-state index contributed by atoms with van der Waals surface area (Å²) in [6.07, 6.45) is 1.45. The molecule has 1 aromatic heterocycles. The molecule has 2 saturated heterocycles. The Balaban J connectivity index is 1.22. The van der Waals surface area contributed by atoms with Crippen molar-refractivity contribution in [2.75, 3.05) is 12.0 Å². The third-order valence-electron chi connectivity index (χ3n) is 8.38. The van der Waals surface area contributed by atoms with E-state index in [1.54, 1.807) is 17.2 Å². The molecule has 2 atom stereocenters. The number of hydrogen-bond donors (Lipinski definition) is 1. The number of rotatable bonds is 7. The molecule has 1 aliphatic carbocycles. The number of piperidine rings is 1. The van der Waals surface area contributed by atoms with Crippen LogP contribution in [-0.4, -0.2) is 36.3 Å². The zero-order valence-corrected chi connectivity index (χ0v) is 21.9. The summed E-state index contributed by atoms with van der Waals surface area (Å²) in [5, 5.41) is 0. The van der Waals surface area contributed by atoms with Gasteiger partial charge in [-0.15, -0.1) is 0 Å². The van der Waals surface area contributed by atoms with Crippen molar-refractivity contribution < 1.29 is 36.2 Å². The number of hydrogen-bond acceptors (Lipinski definition) is 4. The highest BCUT2D eigenvalue weighted by atomic mass is 19.4. The summed E-state index contributed by atoms with van der Waals surface area (Å²) in [6.45, 7) is 0.150. The normalized spacial score (nSPS) is 22.6. The number of esters is 1. The number of nitrogens with one attached hydrogen (secondary N) is 1. The molecule has 3 heterocycles. The van der Waals surface area contributed by atoms with Crippen molar-refractivity contribution >= 4 is 11.7 Å². The van der Waals surface area contributed by atoms with Crippen molar-refractivity contribution in [1.29, 1.82) is 0 Å². The summed E-state index contributed by atoms with van der Waals surface area (Å²) in [6, 6.07) is 7.24. The van der Waals surface area contributed by atoms with Crippen molar-refractivity contribution in [2.45, 2.75) is 75.4 Å². The average molecular weight is 561 g/mol. The molecule has 0 amide bonds. The highest BCUT2D eigenvalue weighted by Crippen LogP contribution is 2.47. The number of halogens is 5. The van der Waals surface area contributed by atoms with E-state index in [1.807, 2.05) is 0 Å². The predicted molar refractivity (Wildman–Crippen MR) is 138 cm³/mol. The fourth-order valence-corrected chi connectivity index (χ4v) is 6.44. The van der Waals surface area contributed by atoms with Crippen LogP contribution in [-0.2, 0) is 22.3 Å². The van der Waals surface area contributed by atoms with Gasteiger partial charge in [0.25, 0.3) is 0 Å². The van der Waals surface area contributed by atoms with Gasteiger partial charge in [0.2, 0.25) is 0 Å². The Labute approximate surface area is 228 Å². The number of nitrogens with zero attached hydrogens (tertiary/aromatic N) is 1. The molecular weight excluding hydrogens is 531 g/mol. The first-order valence-corrected chi connectivity index (χ1v) is 13.5. The number of anilines is 1. The molecule has 2 aromatic carbocycles. The minimum atomic E-state index is -4.49. The lowest BCUT2D eigenvalue weighted by atomic mass is 9.96. The molecule has 1 saturated carbocycles. The molecule has 2 unspecified atom stereocenters. The van der Waals surface area contributed by atoms with Gasteiger partial charge in [-0.1, -0.05) is 18.2 Å². The van der Waals surface area contributed by atoms with Crippen LogP contribution in [0.25, 0.3) is 11.1 Å². The molecule has 3 aliphatic rings. The number of aromatic amines is 1. The van der Waals surface area contributed by atoms with Gasteiger partial charge < -0.3 is 19.4 Å². The number of fused-ring (bicyclic) bond motifs is 2. The average Bonchev–Trinajstić information content (AvgIpc) is 3.63. The van der Waals surface area contributed by atoms with Crippen LogP contribution in [0.3, 0.4) is 0 Å². The number of aromatic nitrogens is 1. The van der Waals surface area contributed by atoms with Gasteiger partial charge in [-0.25, -0.2) is 13.6 Å². The minimum Gasteiger partial charge on any atom is -0.465 e. The molecule has 3 aromatic rings. The van der Waals surface area contributed by atoms with Gasteiger partial charge in [-0.05, 0) is 68.2 Å². The maximum atomic E-state index is 15.0. The van der Waals surface area contributed by atoms with Gasteiger partial charge in [0.1, 0.15) is 17.3 Å². The Kier molecular flexibility index (Phi) is 6.84. The van der Waals surface area contributed by atoms with E-state index >= 15 is 8.78 Å². The zero-order chi connectivity index (χ0) is 28.2. The lowest BCUT2D eigenvalue weighted by molar-refractivity contribution is -0.137. The molecule has 1 N–H and O–H groups in total. The van der Waals surface area contributed by atoms with Crippen LogP contribution < -0.4 is 4.90 Å². The van der Waals surface area contributed by atoms with Crippen LogP contribution >= 0.6 is 0 Å². The summed E-state index contributed by atoms with van der Waals surface area (Å²) in [5.41, 5.74) is 1.25. The summed E-state index contributed by atoms with van der Waals surface area (Å²) in [4.78, 5) is 16.8. The summed E-state index contributed by atoms with van der Waals surface area (Å²) in [5.74, 6) is -2.16. The van der Waals surface area contributed by atoms with Gasteiger partial charge in [-0.3, -0.25) is 0 Å². The summed E-state index contributed by atoms with van der Waals surface area (Å²) < 4.78 is 82.4. The van der Waals surface area contributed by atoms with Crippen LogP contribution in [0, 0.1) is 11.6 Å². The van der Waals surface area contributed by atoms with Crippen LogP contribution in [0.5, 0.6) is 0 Å². The molecule has 2 aliphatic heterocycles. The number of carbonyl (C=O) groups is 1. The van der Waals surface area contributed by atoms with E-state index in [0.29, 0.717) is 18.4 Å². The van der Waals surface area contributed by atoms with E-state index in [2.05, 4.69) is 9.72 Å². The highest BCUT2D eigenvalue weighted by Gasteiger charge is 2.44. The van der Waals surface area contributed by atoms with E-state index < -0.39 is 29.3 Å². The van der Waals surface area contributed by atoms with Crippen molar-refractivity contribution in [3.05, 3.63) is 76.6 Å². The van der Waals surface area contributed by atoms with E-state index in [-0.39, 0.29) is 47.5 Å². The van der Waals surface area contributed by atoms with Crippen molar-refractivity contribution in [3.63, 3.8) is 0 Å². The fourth-order valence-electron chi connectivity index (χ4n) is 6.44. The van der Waals surface area contributed by atoms with Gasteiger partial charge in [0.05, 0.1) is 30.9 Å². The molecule has 3 fully saturated rings. The van der Waals surface area contributed by atoms with Crippen molar-refractivity contribution in [3.8, 4) is 11.1 Å². The molecule has 10 heteroatoms. The molecule has 6 rings (SSSR count). The molecule has 40 heavy (non-hydrogen) atoms. The number of benzene rings is 2. The molecule has 0 spiro atoms. The van der Waals surface area contributed by atoms with E-state index in [9.17, 15) is 18.0 Å². The SMILES string of the molecule is COC(=O)c1cc(F)c(N2C3CCC2CC(OCc2c(-c4ccccc4C(F)(F)F)c[nH]c2C2CC2)C3)c(F)c1. The molecule has 5 nitrogen and oxygen atoms in total. The highest BCUT2D eigenvalue weighted by molar-refractivity contribution is 5.90. The Hall–Kier alpha value is -3.40. The fraction of sp³-hybridized carbons (Fsp3) is 0.433. The Bertz CT molecular complexity index is 1390. The Morgan fingerprint density at radius 3 is 2.25 bits per heavy atom. The Morgan fingerprint density at radius 2 is 1.65 bits per heavy atom. The first kappa shape index (κ1) is 26.8. The third-order valence-corrected chi connectivity index (χ3v) is 8.38. The Morgan fingerprint density at radius 1 is 1.00 bits per heavy atom. The number of H-pyrrole nitrogens is 1. The van der Waals surface area contributed by atoms with Gasteiger partial charge >= 0.3 is 12.1 Å². The largest absolute Gasteiger partial charge is 0.465 e. The second-order valence-corrected chi connectivity index (χ2v) is 10.9. The quantitative estimate of drug-likeness (QED) is 0.242. The second-order valence-electron chi connectivity index (χ2n) is 10.9. The van der Waals surface area contributed by atoms with E-state index in [0.717, 1.165) is 62.2 Å². The summed E-state index contributed by atoms with van der Waals surface area (Å²) in [7, 11) is 1.15. The maximum absolute atomic E-state index is 15.0. The van der Waals surface area contributed by atoms with E-state index in [1.165, 1.54) is 12.1 Å². The van der Waals surface area contributed by atoms with Crippen LogP contribution in [0.4, 0.5) is 27.6 Å². The van der Waals surface area contributed by atoms with Gasteiger partial charge in [-0.2, -0.15) is 13.2 Å².